The first-order chi connectivity index (χ1) is 12.4. The molecule has 0 saturated heterocycles. The number of hydrogen-bond acceptors (Lipinski definition) is 4. The molecular weight excluding hydrogens is 334 g/mol. The molecule has 1 saturated carbocycles. The predicted molar refractivity (Wildman–Crippen MR) is 97.1 cm³/mol. The van der Waals surface area contributed by atoms with E-state index < -0.39 is 11.9 Å². The smallest absolute Gasteiger partial charge is 0.306 e. The fourth-order valence-corrected chi connectivity index (χ4v) is 3.81. The summed E-state index contributed by atoms with van der Waals surface area (Å²) >= 11 is 0. The van der Waals surface area contributed by atoms with Crippen molar-refractivity contribution in [3.05, 3.63) is 29.5 Å². The molecule has 2 aromatic rings. The molecular formula is C20H25NO5. The first kappa shape index (κ1) is 18.3. The van der Waals surface area contributed by atoms with E-state index in [2.05, 4.69) is 5.32 Å². The van der Waals surface area contributed by atoms with Gasteiger partial charge < -0.3 is 19.6 Å². The Balaban J connectivity index is 1.74. The SMILES string of the molecule is COc1ccc2oc(C(C)NC(=O)C3CCCC(C(=O)O)C3)c(C)c2c1. The molecule has 1 aliphatic carbocycles. The first-order valence-electron chi connectivity index (χ1n) is 9.01. The second kappa shape index (κ2) is 7.40. The summed E-state index contributed by atoms with van der Waals surface area (Å²) in [7, 11) is 1.62. The minimum Gasteiger partial charge on any atom is -0.497 e. The number of carbonyl (C=O) groups is 2. The van der Waals surface area contributed by atoms with Gasteiger partial charge >= 0.3 is 5.97 Å². The molecule has 2 N–H and O–H groups in total. The first-order valence-corrected chi connectivity index (χ1v) is 9.01. The molecule has 1 aliphatic rings. The third-order valence-electron chi connectivity index (χ3n) is 5.33. The average Bonchev–Trinajstić information content (AvgIpc) is 2.98. The largest absolute Gasteiger partial charge is 0.497 e. The highest BCUT2D eigenvalue weighted by Crippen LogP contribution is 2.33. The summed E-state index contributed by atoms with van der Waals surface area (Å²) in [4.78, 5) is 23.8. The normalized spacial score (nSPS) is 21.3. The summed E-state index contributed by atoms with van der Waals surface area (Å²) in [5.41, 5.74) is 1.72. The van der Waals surface area contributed by atoms with Crippen LogP contribution in [-0.2, 0) is 9.59 Å². The molecule has 3 unspecified atom stereocenters. The maximum Gasteiger partial charge on any atom is 0.306 e. The number of benzene rings is 1. The van der Waals surface area contributed by atoms with Gasteiger partial charge in [-0.25, -0.2) is 0 Å². The maximum absolute atomic E-state index is 12.6. The number of rotatable bonds is 5. The monoisotopic (exact) mass is 359 g/mol. The number of amides is 1. The van der Waals surface area contributed by atoms with E-state index in [0.29, 0.717) is 18.6 Å². The number of aliphatic carboxylic acids is 1. The van der Waals surface area contributed by atoms with Crippen molar-refractivity contribution in [2.24, 2.45) is 11.8 Å². The number of aryl methyl sites for hydroxylation is 1. The molecule has 1 amide bonds. The van der Waals surface area contributed by atoms with Crippen LogP contribution in [0.5, 0.6) is 5.75 Å². The topological polar surface area (TPSA) is 88.8 Å². The molecule has 6 heteroatoms. The minimum absolute atomic E-state index is 0.0964. The minimum atomic E-state index is -0.808. The second-order valence-corrected chi connectivity index (χ2v) is 7.08. The lowest BCUT2D eigenvalue weighted by Crippen LogP contribution is -2.36. The van der Waals surface area contributed by atoms with Gasteiger partial charge in [0.25, 0.3) is 0 Å². The van der Waals surface area contributed by atoms with Gasteiger partial charge in [-0.3, -0.25) is 9.59 Å². The number of ether oxygens (including phenoxy) is 1. The van der Waals surface area contributed by atoms with Crippen LogP contribution in [0.4, 0.5) is 0 Å². The third kappa shape index (κ3) is 3.54. The van der Waals surface area contributed by atoms with E-state index in [-0.39, 0.29) is 17.9 Å². The van der Waals surface area contributed by atoms with Crippen LogP contribution in [0.1, 0.15) is 50.0 Å². The van der Waals surface area contributed by atoms with Crippen LogP contribution in [0.3, 0.4) is 0 Å². The Bertz CT molecular complexity index is 825. The van der Waals surface area contributed by atoms with Gasteiger partial charge in [-0.2, -0.15) is 0 Å². The zero-order chi connectivity index (χ0) is 18.8. The number of nitrogens with one attached hydrogen (secondary N) is 1. The highest BCUT2D eigenvalue weighted by molar-refractivity contribution is 5.84. The summed E-state index contributed by atoms with van der Waals surface area (Å²) < 4.78 is 11.2. The lowest BCUT2D eigenvalue weighted by molar-refractivity contribution is -0.144. The Morgan fingerprint density at radius 2 is 2.04 bits per heavy atom. The van der Waals surface area contributed by atoms with Crippen LogP contribution >= 0.6 is 0 Å². The molecule has 3 atom stereocenters. The van der Waals surface area contributed by atoms with Gasteiger partial charge in [0.1, 0.15) is 17.1 Å². The highest BCUT2D eigenvalue weighted by atomic mass is 16.5. The molecule has 1 aromatic heterocycles. The average molecular weight is 359 g/mol. The van der Waals surface area contributed by atoms with Gasteiger partial charge in [-0.05, 0) is 51.3 Å². The molecule has 26 heavy (non-hydrogen) atoms. The molecule has 140 valence electrons. The van der Waals surface area contributed by atoms with Crippen LogP contribution in [0.15, 0.2) is 22.6 Å². The zero-order valence-electron chi connectivity index (χ0n) is 15.4. The molecule has 0 aliphatic heterocycles. The van der Waals surface area contributed by atoms with E-state index >= 15 is 0 Å². The van der Waals surface area contributed by atoms with Gasteiger partial charge in [0.2, 0.25) is 5.91 Å². The van der Waals surface area contributed by atoms with Crippen molar-refractivity contribution in [2.75, 3.05) is 7.11 Å². The van der Waals surface area contributed by atoms with E-state index in [0.717, 1.165) is 35.1 Å². The molecule has 0 bridgehead atoms. The molecule has 6 nitrogen and oxygen atoms in total. The standard InChI is InChI=1S/C20H25NO5/c1-11-16-10-15(25-3)7-8-17(16)26-18(11)12(2)21-19(22)13-5-4-6-14(9-13)20(23)24/h7-8,10,12-14H,4-6,9H2,1-3H3,(H,21,22)(H,23,24). The van der Waals surface area contributed by atoms with E-state index in [9.17, 15) is 14.7 Å². The predicted octanol–water partition coefficient (Wildman–Crippen LogP) is 3.82. The van der Waals surface area contributed by atoms with Crippen LogP contribution in [-0.4, -0.2) is 24.1 Å². The summed E-state index contributed by atoms with van der Waals surface area (Å²) in [5.74, 6) is -0.107. The maximum atomic E-state index is 12.6. The number of carboxylic acids is 1. The third-order valence-corrected chi connectivity index (χ3v) is 5.33. The van der Waals surface area contributed by atoms with Crippen molar-refractivity contribution < 1.29 is 23.8 Å². The van der Waals surface area contributed by atoms with E-state index in [1.165, 1.54) is 0 Å². The van der Waals surface area contributed by atoms with Gasteiger partial charge in [-0.1, -0.05) is 6.42 Å². The number of carboxylic acid groups (broad SMARTS) is 1. The van der Waals surface area contributed by atoms with E-state index in [1.54, 1.807) is 7.11 Å². The summed E-state index contributed by atoms with van der Waals surface area (Å²) in [5, 5.41) is 13.2. The second-order valence-electron chi connectivity index (χ2n) is 7.08. The van der Waals surface area contributed by atoms with Crippen LogP contribution in [0.2, 0.25) is 0 Å². The molecule has 0 spiro atoms. The van der Waals surface area contributed by atoms with Crippen molar-refractivity contribution in [3.63, 3.8) is 0 Å². The lowest BCUT2D eigenvalue weighted by atomic mass is 9.81. The van der Waals surface area contributed by atoms with Crippen LogP contribution in [0, 0.1) is 18.8 Å². The quantitative estimate of drug-likeness (QED) is 0.847. The number of furan rings is 1. The summed E-state index contributed by atoms with van der Waals surface area (Å²) in [6.07, 6.45) is 2.56. The lowest BCUT2D eigenvalue weighted by Gasteiger charge is -2.26. The summed E-state index contributed by atoms with van der Waals surface area (Å²) in [6, 6.07) is 5.33. The number of methoxy groups -OCH3 is 1. The number of fused-ring (bicyclic) bond motifs is 1. The van der Waals surface area contributed by atoms with Crippen LogP contribution in [0.25, 0.3) is 11.0 Å². The van der Waals surface area contributed by atoms with Gasteiger partial charge in [-0.15, -0.1) is 0 Å². The molecule has 3 rings (SSSR count). The number of hydrogen-bond donors (Lipinski definition) is 2. The fourth-order valence-electron chi connectivity index (χ4n) is 3.81. The zero-order valence-corrected chi connectivity index (χ0v) is 15.4. The fraction of sp³-hybridized carbons (Fsp3) is 0.500. The van der Waals surface area contributed by atoms with Crippen molar-refractivity contribution in [1.29, 1.82) is 0 Å². The Morgan fingerprint density at radius 1 is 1.31 bits per heavy atom. The summed E-state index contributed by atoms with van der Waals surface area (Å²) in [6.45, 7) is 3.85. The van der Waals surface area contributed by atoms with Crippen molar-refractivity contribution in [3.8, 4) is 5.75 Å². The van der Waals surface area contributed by atoms with Crippen LogP contribution < -0.4 is 10.1 Å². The van der Waals surface area contributed by atoms with Crippen molar-refractivity contribution >= 4 is 22.8 Å². The van der Waals surface area contributed by atoms with Gasteiger partial charge in [0.05, 0.1) is 19.1 Å². The molecule has 1 heterocycles. The Morgan fingerprint density at radius 3 is 2.73 bits per heavy atom. The Hall–Kier alpha value is -2.50. The Labute approximate surface area is 152 Å². The molecule has 1 fully saturated rings. The van der Waals surface area contributed by atoms with Gasteiger partial charge in [0, 0.05) is 16.9 Å². The molecule has 1 aromatic carbocycles. The van der Waals surface area contributed by atoms with Crippen molar-refractivity contribution in [2.45, 2.75) is 45.6 Å². The van der Waals surface area contributed by atoms with Gasteiger partial charge in [0.15, 0.2) is 0 Å². The number of carbonyl (C=O) groups excluding carboxylic acids is 1. The highest BCUT2D eigenvalue weighted by Gasteiger charge is 2.32. The van der Waals surface area contributed by atoms with Crippen molar-refractivity contribution in [1.82, 2.24) is 5.32 Å². The van der Waals surface area contributed by atoms with E-state index in [4.69, 9.17) is 9.15 Å². The molecule has 0 radical (unpaired) electrons. The van der Waals surface area contributed by atoms with E-state index in [1.807, 2.05) is 32.0 Å². The Kier molecular flexibility index (Phi) is 5.20.